The van der Waals surface area contributed by atoms with Crippen LogP contribution in [0.3, 0.4) is 0 Å². The van der Waals surface area contributed by atoms with E-state index in [0.717, 1.165) is 9.87 Å². The highest BCUT2D eigenvalue weighted by atomic mass is 35.5. The SMILES string of the molecule is COc1ccc(CN(C)C)cc1C1(N2CCC[C@H]2C(=O)N(C)C)C(=O)N(S(=O)(=O)c2ccc(C#N)cc2)c2ccc(Cl)cc21. The molecule has 2 amide bonds. The number of likely N-dealkylation sites (N-methyl/N-ethyl adjacent to an activating group) is 1. The lowest BCUT2D eigenvalue weighted by Crippen LogP contribution is -2.59. The number of rotatable bonds is 8. The summed E-state index contributed by atoms with van der Waals surface area (Å²) < 4.78 is 35.4. The summed E-state index contributed by atoms with van der Waals surface area (Å²) in [5.74, 6) is -0.597. The Morgan fingerprint density at radius 1 is 1.07 bits per heavy atom. The van der Waals surface area contributed by atoms with Crippen molar-refractivity contribution in [3.63, 3.8) is 0 Å². The van der Waals surface area contributed by atoms with E-state index in [-0.39, 0.29) is 22.1 Å². The first-order valence-corrected chi connectivity index (χ1v) is 15.9. The number of nitriles is 1. The Labute approximate surface area is 263 Å². The molecular formula is C32H34ClN5O5S. The average molecular weight is 636 g/mol. The van der Waals surface area contributed by atoms with Crippen molar-refractivity contribution in [2.45, 2.75) is 35.9 Å². The molecule has 2 atom stereocenters. The maximum absolute atomic E-state index is 15.3. The smallest absolute Gasteiger partial charge is 0.271 e. The summed E-state index contributed by atoms with van der Waals surface area (Å²) in [5.41, 5.74) is 0.259. The van der Waals surface area contributed by atoms with Gasteiger partial charge in [-0.25, -0.2) is 12.7 Å². The quantitative estimate of drug-likeness (QED) is 0.367. The van der Waals surface area contributed by atoms with E-state index in [1.807, 2.05) is 42.1 Å². The number of carbonyl (C=O) groups is 2. The molecule has 3 aromatic carbocycles. The molecule has 0 aliphatic carbocycles. The van der Waals surface area contributed by atoms with Gasteiger partial charge in [-0.3, -0.25) is 14.5 Å². The average Bonchev–Trinajstić information content (AvgIpc) is 3.57. The van der Waals surface area contributed by atoms with Crippen LogP contribution in [0.1, 0.15) is 35.1 Å². The van der Waals surface area contributed by atoms with Crippen molar-refractivity contribution in [1.82, 2.24) is 14.7 Å². The Balaban J connectivity index is 1.87. The molecule has 2 aliphatic heterocycles. The molecule has 44 heavy (non-hydrogen) atoms. The van der Waals surface area contributed by atoms with Crippen molar-refractivity contribution < 1.29 is 22.7 Å². The van der Waals surface area contributed by atoms with Gasteiger partial charge in [0.2, 0.25) is 5.91 Å². The van der Waals surface area contributed by atoms with Gasteiger partial charge in [0, 0.05) is 43.3 Å². The van der Waals surface area contributed by atoms with Crippen LogP contribution in [0.25, 0.3) is 0 Å². The fourth-order valence-electron chi connectivity index (χ4n) is 6.31. The number of amides is 2. The van der Waals surface area contributed by atoms with Gasteiger partial charge in [0.15, 0.2) is 5.54 Å². The zero-order valence-corrected chi connectivity index (χ0v) is 26.8. The highest BCUT2D eigenvalue weighted by molar-refractivity contribution is 7.93. The summed E-state index contributed by atoms with van der Waals surface area (Å²) in [6.45, 7) is 0.880. The van der Waals surface area contributed by atoms with Crippen molar-refractivity contribution in [2.24, 2.45) is 0 Å². The summed E-state index contributed by atoms with van der Waals surface area (Å²) in [4.78, 5) is 34.1. The molecule has 1 unspecified atom stereocenters. The van der Waals surface area contributed by atoms with E-state index in [1.54, 1.807) is 26.2 Å². The Morgan fingerprint density at radius 3 is 2.39 bits per heavy atom. The first kappa shape index (κ1) is 31.5. The Hall–Kier alpha value is -3.95. The van der Waals surface area contributed by atoms with E-state index >= 15 is 4.79 Å². The van der Waals surface area contributed by atoms with Crippen molar-refractivity contribution in [3.8, 4) is 11.8 Å². The number of carbonyl (C=O) groups excluding carboxylic acids is 2. The van der Waals surface area contributed by atoms with E-state index in [2.05, 4.69) is 0 Å². The number of anilines is 1. The molecule has 1 fully saturated rings. The topological polar surface area (TPSA) is 114 Å². The van der Waals surface area contributed by atoms with Crippen LogP contribution in [-0.4, -0.2) is 82.8 Å². The molecule has 230 valence electrons. The number of hydrogen-bond acceptors (Lipinski definition) is 8. The van der Waals surface area contributed by atoms with E-state index < -0.39 is 27.5 Å². The van der Waals surface area contributed by atoms with Gasteiger partial charge in [-0.2, -0.15) is 5.26 Å². The number of sulfonamides is 1. The number of ether oxygens (including phenoxy) is 1. The molecule has 10 nitrogen and oxygen atoms in total. The van der Waals surface area contributed by atoms with Crippen molar-refractivity contribution in [3.05, 3.63) is 87.9 Å². The van der Waals surface area contributed by atoms with Crippen LogP contribution >= 0.6 is 11.6 Å². The van der Waals surface area contributed by atoms with Crippen LogP contribution in [0.15, 0.2) is 65.6 Å². The van der Waals surface area contributed by atoms with Gasteiger partial charge < -0.3 is 14.5 Å². The number of nitrogens with zero attached hydrogens (tertiary/aromatic N) is 5. The zero-order valence-electron chi connectivity index (χ0n) is 25.2. The summed E-state index contributed by atoms with van der Waals surface area (Å²) in [6, 6.07) is 16.9. The first-order valence-electron chi connectivity index (χ1n) is 14.1. The van der Waals surface area contributed by atoms with Crippen LogP contribution in [0, 0.1) is 11.3 Å². The van der Waals surface area contributed by atoms with Crippen LogP contribution in [0.4, 0.5) is 5.69 Å². The van der Waals surface area contributed by atoms with Gasteiger partial charge in [-0.05, 0) is 87.1 Å². The third-order valence-electron chi connectivity index (χ3n) is 8.14. The lowest BCUT2D eigenvalue weighted by atomic mass is 9.80. The third-order valence-corrected chi connectivity index (χ3v) is 10.1. The normalized spacial score (nSPS) is 20.1. The molecule has 0 bridgehead atoms. The lowest BCUT2D eigenvalue weighted by Gasteiger charge is -2.42. The standard InChI is InChI=1S/C32H34ClN5O5S/c1-35(2)20-22-10-15-29(43-5)26(17-22)32(37-16-6-7-28(37)30(39)36(3)4)25-18-23(33)11-14-27(25)38(31(32)40)44(41,42)24-12-8-21(19-34)9-13-24/h8-15,17-18,28H,6-7,16,20H2,1-5H3/t28-,32?/m0/s1. The minimum Gasteiger partial charge on any atom is -0.496 e. The van der Waals surface area contributed by atoms with E-state index in [9.17, 15) is 18.5 Å². The number of benzene rings is 3. The monoisotopic (exact) mass is 635 g/mol. The second-order valence-electron chi connectivity index (χ2n) is 11.4. The third kappa shape index (κ3) is 5.02. The second-order valence-corrected chi connectivity index (χ2v) is 13.7. The number of fused-ring (bicyclic) bond motifs is 1. The maximum atomic E-state index is 15.3. The molecule has 1 saturated heterocycles. The fourth-order valence-corrected chi connectivity index (χ4v) is 7.94. The van der Waals surface area contributed by atoms with Gasteiger partial charge in [0.25, 0.3) is 15.9 Å². The fraction of sp³-hybridized carbons (Fsp3) is 0.344. The van der Waals surface area contributed by atoms with Crippen LogP contribution in [0.2, 0.25) is 5.02 Å². The van der Waals surface area contributed by atoms with Crippen molar-refractivity contribution >= 4 is 39.1 Å². The van der Waals surface area contributed by atoms with E-state index in [4.69, 9.17) is 16.3 Å². The zero-order chi connectivity index (χ0) is 32.0. The predicted octanol–water partition coefficient (Wildman–Crippen LogP) is 3.81. The molecule has 0 aromatic heterocycles. The molecule has 0 N–H and O–H groups in total. The Morgan fingerprint density at radius 2 is 1.77 bits per heavy atom. The maximum Gasteiger partial charge on any atom is 0.271 e. The summed E-state index contributed by atoms with van der Waals surface area (Å²) in [7, 11) is 4.17. The minimum absolute atomic E-state index is 0.131. The molecule has 2 aliphatic rings. The number of likely N-dealkylation sites (tertiary alicyclic amines) is 1. The summed E-state index contributed by atoms with van der Waals surface area (Å²) >= 11 is 6.59. The number of hydrogen-bond donors (Lipinski definition) is 0. The lowest BCUT2D eigenvalue weighted by molar-refractivity contribution is -0.138. The first-order chi connectivity index (χ1) is 20.9. The van der Waals surface area contributed by atoms with Gasteiger partial charge >= 0.3 is 0 Å². The van der Waals surface area contributed by atoms with Gasteiger partial charge in [-0.15, -0.1) is 0 Å². The minimum atomic E-state index is -4.49. The Bertz CT molecular complexity index is 1770. The molecular weight excluding hydrogens is 602 g/mol. The second kappa shape index (κ2) is 11.9. The molecule has 5 rings (SSSR count). The number of halogens is 1. The Kier molecular flexibility index (Phi) is 8.48. The van der Waals surface area contributed by atoms with Gasteiger partial charge in [-0.1, -0.05) is 17.7 Å². The molecule has 2 heterocycles. The molecule has 0 radical (unpaired) electrons. The predicted molar refractivity (Wildman–Crippen MR) is 167 cm³/mol. The summed E-state index contributed by atoms with van der Waals surface area (Å²) in [6.07, 6.45) is 1.08. The van der Waals surface area contributed by atoms with Crippen LogP contribution < -0.4 is 9.04 Å². The molecule has 3 aromatic rings. The molecule has 12 heteroatoms. The van der Waals surface area contributed by atoms with Gasteiger partial charge in [0.05, 0.1) is 35.4 Å². The van der Waals surface area contributed by atoms with Crippen LogP contribution in [0.5, 0.6) is 5.75 Å². The van der Waals surface area contributed by atoms with Gasteiger partial charge in [0.1, 0.15) is 5.75 Å². The molecule has 0 spiro atoms. The summed E-state index contributed by atoms with van der Waals surface area (Å²) in [5, 5.41) is 9.57. The highest BCUT2D eigenvalue weighted by Crippen LogP contribution is 2.55. The molecule has 0 saturated carbocycles. The largest absolute Gasteiger partial charge is 0.496 e. The van der Waals surface area contributed by atoms with E-state index in [0.29, 0.717) is 47.8 Å². The van der Waals surface area contributed by atoms with Crippen molar-refractivity contribution in [1.29, 1.82) is 5.26 Å². The van der Waals surface area contributed by atoms with E-state index in [1.165, 1.54) is 48.4 Å². The highest BCUT2D eigenvalue weighted by Gasteiger charge is 2.63. The number of methoxy groups -OCH3 is 1. The van der Waals surface area contributed by atoms with Crippen molar-refractivity contribution in [2.75, 3.05) is 46.2 Å². The van der Waals surface area contributed by atoms with Crippen LogP contribution in [-0.2, 0) is 31.7 Å².